The topological polar surface area (TPSA) is 137 Å². The van der Waals surface area contributed by atoms with Crippen LogP contribution in [0.4, 0.5) is 5.69 Å². The number of hydrogen-bond donors (Lipinski definition) is 3. The number of nitrogens with zero attached hydrogens (tertiary/aromatic N) is 1. The first-order valence-electron chi connectivity index (χ1n) is 9.40. The molecule has 9 nitrogen and oxygen atoms in total. The molecule has 0 radical (unpaired) electrons. The summed E-state index contributed by atoms with van der Waals surface area (Å²) < 4.78 is 11.1. The zero-order chi connectivity index (χ0) is 22.7. The number of carbonyl (C=O) groups is 1. The smallest absolute Gasteiger partial charge is 0.326 e. The normalized spacial score (nSPS) is 10.4. The maximum atomic E-state index is 12.6. The van der Waals surface area contributed by atoms with Crippen LogP contribution >= 0.6 is 0 Å². The summed E-state index contributed by atoms with van der Waals surface area (Å²) in [6.45, 7) is 0. The number of aromatic nitrogens is 2. The molecular weight excluding hydrogens is 412 g/mol. The number of carbonyl (C=O) groups excluding carboxylic acids is 1. The number of hydrogen-bond acceptors (Lipinski definition) is 6. The summed E-state index contributed by atoms with van der Waals surface area (Å²) in [5.41, 5.74) is 0.394. The van der Waals surface area contributed by atoms with Gasteiger partial charge in [-0.25, -0.2) is 4.79 Å². The van der Waals surface area contributed by atoms with Crippen LogP contribution in [-0.2, 0) is 0 Å². The number of nitrogens with one attached hydrogen (secondary N) is 3. The van der Waals surface area contributed by atoms with E-state index in [0.717, 1.165) is 0 Å². The van der Waals surface area contributed by atoms with Crippen molar-refractivity contribution in [2.45, 2.75) is 0 Å². The number of fused-ring (bicyclic) bond motifs is 1. The highest BCUT2D eigenvalue weighted by atomic mass is 16.5. The van der Waals surface area contributed by atoms with Gasteiger partial charge in [-0.05, 0) is 54.6 Å². The van der Waals surface area contributed by atoms with Gasteiger partial charge in [0.2, 0.25) is 0 Å². The summed E-state index contributed by atoms with van der Waals surface area (Å²) >= 11 is 0. The third kappa shape index (κ3) is 4.20. The molecule has 0 aliphatic heterocycles. The van der Waals surface area contributed by atoms with Crippen LogP contribution in [-0.4, -0.2) is 23.0 Å². The number of H-pyrrole nitrogens is 2. The Hall–Kier alpha value is -4.84. The van der Waals surface area contributed by atoms with E-state index in [2.05, 4.69) is 15.3 Å². The molecule has 4 rings (SSSR count). The Balaban J connectivity index is 1.50. The van der Waals surface area contributed by atoms with E-state index >= 15 is 0 Å². The molecule has 0 atom stereocenters. The van der Waals surface area contributed by atoms with Gasteiger partial charge >= 0.3 is 5.69 Å². The Morgan fingerprint density at radius 1 is 0.969 bits per heavy atom. The van der Waals surface area contributed by atoms with Gasteiger partial charge in [0, 0.05) is 17.3 Å². The Labute approximate surface area is 180 Å². The lowest BCUT2D eigenvalue weighted by atomic mass is 10.1. The third-order valence-electron chi connectivity index (χ3n) is 4.63. The molecule has 4 aromatic rings. The molecule has 3 N–H and O–H groups in total. The number of methoxy groups -OCH3 is 1. The van der Waals surface area contributed by atoms with Crippen molar-refractivity contribution in [1.82, 2.24) is 9.97 Å². The number of benzene rings is 3. The number of ether oxygens (including phenoxy) is 2. The highest BCUT2D eigenvalue weighted by Crippen LogP contribution is 2.32. The maximum Gasteiger partial charge on any atom is 0.326 e. The molecule has 0 aliphatic carbocycles. The number of anilines is 1. The van der Waals surface area contributed by atoms with Crippen LogP contribution in [0.3, 0.4) is 0 Å². The zero-order valence-electron chi connectivity index (χ0n) is 16.8. The van der Waals surface area contributed by atoms with Crippen molar-refractivity contribution in [1.29, 1.82) is 5.26 Å². The van der Waals surface area contributed by atoms with E-state index in [-0.39, 0.29) is 10.9 Å². The third-order valence-corrected chi connectivity index (χ3v) is 4.63. The van der Waals surface area contributed by atoms with E-state index in [1.54, 1.807) is 42.5 Å². The molecule has 0 saturated heterocycles. The molecule has 0 fully saturated rings. The van der Waals surface area contributed by atoms with Gasteiger partial charge in [-0.15, -0.1) is 0 Å². The minimum absolute atomic E-state index is 0.206. The Morgan fingerprint density at radius 2 is 1.75 bits per heavy atom. The first-order chi connectivity index (χ1) is 15.5. The summed E-state index contributed by atoms with van der Waals surface area (Å²) in [4.78, 5) is 40.5. The van der Waals surface area contributed by atoms with Crippen molar-refractivity contribution in [2.75, 3.05) is 12.4 Å². The molecule has 3 aromatic carbocycles. The van der Waals surface area contributed by atoms with Crippen molar-refractivity contribution in [3.05, 3.63) is 92.6 Å². The van der Waals surface area contributed by atoms with Crippen LogP contribution in [0.15, 0.2) is 70.3 Å². The standard InChI is InChI=1S/C23H16N4O5/c1-31-20-10-13(12-24)2-9-19(20)32-16-6-4-15(5-7-16)25-21(28)14-3-8-18-17(11-14)22(29)27-23(30)26-18/h2-11H,1H3,(H,25,28)(H2,26,27,29,30). The fourth-order valence-corrected chi connectivity index (χ4v) is 3.06. The van der Waals surface area contributed by atoms with Gasteiger partial charge < -0.3 is 19.8 Å². The van der Waals surface area contributed by atoms with Crippen LogP contribution in [0.5, 0.6) is 17.2 Å². The quantitative estimate of drug-likeness (QED) is 0.447. The minimum atomic E-state index is -0.611. The van der Waals surface area contributed by atoms with E-state index in [1.807, 2.05) is 6.07 Å². The Kier molecular flexibility index (Phi) is 5.42. The molecule has 9 heteroatoms. The van der Waals surface area contributed by atoms with Crippen molar-refractivity contribution in [3.63, 3.8) is 0 Å². The van der Waals surface area contributed by atoms with Gasteiger partial charge in [0.1, 0.15) is 5.75 Å². The van der Waals surface area contributed by atoms with Gasteiger partial charge in [0.15, 0.2) is 11.5 Å². The summed E-state index contributed by atoms with van der Waals surface area (Å²) in [7, 11) is 1.49. The van der Waals surface area contributed by atoms with E-state index < -0.39 is 17.2 Å². The highest BCUT2D eigenvalue weighted by molar-refractivity contribution is 6.06. The highest BCUT2D eigenvalue weighted by Gasteiger charge is 2.11. The second kappa shape index (κ2) is 8.49. The van der Waals surface area contributed by atoms with Crippen molar-refractivity contribution in [3.8, 4) is 23.3 Å². The summed E-state index contributed by atoms with van der Waals surface area (Å²) in [6, 6.07) is 18.0. The number of amides is 1. The van der Waals surface area contributed by atoms with Crippen LogP contribution in [0.2, 0.25) is 0 Å². The molecule has 1 amide bonds. The monoisotopic (exact) mass is 428 g/mol. The lowest BCUT2D eigenvalue weighted by molar-refractivity contribution is 0.102. The molecule has 0 saturated carbocycles. The molecule has 0 aliphatic rings. The molecule has 158 valence electrons. The van der Waals surface area contributed by atoms with Crippen molar-refractivity contribution in [2.24, 2.45) is 0 Å². The zero-order valence-corrected chi connectivity index (χ0v) is 16.8. The van der Waals surface area contributed by atoms with Gasteiger partial charge in [-0.2, -0.15) is 5.26 Å². The van der Waals surface area contributed by atoms with Gasteiger partial charge in [-0.1, -0.05) is 0 Å². The first kappa shape index (κ1) is 20.4. The van der Waals surface area contributed by atoms with Gasteiger partial charge in [0.05, 0.1) is 29.6 Å². The number of aromatic amines is 2. The SMILES string of the molecule is COc1cc(C#N)ccc1Oc1ccc(NC(=O)c2ccc3[nH]c(=O)[nH]c(=O)c3c2)cc1. The maximum absolute atomic E-state index is 12.6. The average molecular weight is 428 g/mol. The lowest BCUT2D eigenvalue weighted by Crippen LogP contribution is -2.22. The molecule has 0 bridgehead atoms. The van der Waals surface area contributed by atoms with E-state index in [9.17, 15) is 14.4 Å². The fourth-order valence-electron chi connectivity index (χ4n) is 3.06. The van der Waals surface area contributed by atoms with Crippen molar-refractivity contribution < 1.29 is 14.3 Å². The Morgan fingerprint density at radius 3 is 2.47 bits per heavy atom. The van der Waals surface area contributed by atoms with E-state index in [4.69, 9.17) is 14.7 Å². The van der Waals surface area contributed by atoms with Crippen LogP contribution in [0.25, 0.3) is 10.9 Å². The Bertz CT molecular complexity index is 1480. The summed E-state index contributed by atoms with van der Waals surface area (Å²) in [6.07, 6.45) is 0. The van der Waals surface area contributed by atoms with Crippen LogP contribution < -0.4 is 26.0 Å². The fraction of sp³-hybridized carbons (Fsp3) is 0.0435. The number of rotatable bonds is 5. The van der Waals surface area contributed by atoms with Crippen molar-refractivity contribution >= 4 is 22.5 Å². The lowest BCUT2D eigenvalue weighted by Gasteiger charge is -2.11. The van der Waals surface area contributed by atoms with Gasteiger partial charge in [-0.3, -0.25) is 14.6 Å². The molecule has 1 aromatic heterocycles. The molecule has 1 heterocycles. The molecule has 32 heavy (non-hydrogen) atoms. The molecular formula is C23H16N4O5. The summed E-state index contributed by atoms with van der Waals surface area (Å²) in [5.74, 6) is 0.962. The second-order valence-corrected chi connectivity index (χ2v) is 6.73. The molecule has 0 unspecified atom stereocenters. The van der Waals surface area contributed by atoms with Crippen LogP contribution in [0.1, 0.15) is 15.9 Å². The number of nitriles is 1. The van der Waals surface area contributed by atoms with E-state index in [0.29, 0.717) is 34.0 Å². The van der Waals surface area contributed by atoms with Gasteiger partial charge in [0.25, 0.3) is 11.5 Å². The predicted octanol–water partition coefficient (Wildman–Crippen LogP) is 3.14. The second-order valence-electron chi connectivity index (χ2n) is 6.73. The largest absolute Gasteiger partial charge is 0.493 e. The average Bonchev–Trinajstić information content (AvgIpc) is 2.80. The predicted molar refractivity (Wildman–Crippen MR) is 117 cm³/mol. The van der Waals surface area contributed by atoms with E-state index in [1.165, 1.54) is 25.3 Å². The minimum Gasteiger partial charge on any atom is -0.493 e. The molecule has 0 spiro atoms. The summed E-state index contributed by atoms with van der Waals surface area (Å²) in [5, 5.41) is 11.9. The first-order valence-corrected chi connectivity index (χ1v) is 9.40. The van der Waals surface area contributed by atoms with Crippen LogP contribution in [0, 0.1) is 11.3 Å².